The lowest BCUT2D eigenvalue weighted by molar-refractivity contribution is 0.769. The Hall–Kier alpha value is -12.1. The van der Waals surface area contributed by atoms with E-state index in [2.05, 4.69) is 356 Å². The second-order valence-corrected chi connectivity index (χ2v) is 24.5. The molecule has 4 nitrogen and oxygen atoms in total. The Labute approximate surface area is 540 Å². The van der Waals surface area contributed by atoms with Crippen molar-refractivity contribution in [2.75, 3.05) is 0 Å². The number of hydrogen-bond donors (Lipinski definition) is 0. The van der Waals surface area contributed by atoms with E-state index in [9.17, 15) is 0 Å². The number of nitrogens with zero attached hydrogens (tertiary/aromatic N) is 4. The maximum Gasteiger partial charge on any atom is 0.145 e. The van der Waals surface area contributed by atoms with E-state index in [4.69, 9.17) is 15.0 Å². The molecule has 0 saturated carbocycles. The van der Waals surface area contributed by atoms with E-state index in [-0.39, 0.29) is 0 Å². The van der Waals surface area contributed by atoms with Crippen LogP contribution in [0.4, 0.5) is 0 Å². The first-order valence-corrected chi connectivity index (χ1v) is 32.0. The number of imidazole rings is 1. The molecule has 434 valence electrons. The molecule has 0 atom stereocenters. The molecule has 0 amide bonds. The molecule has 2 heterocycles. The van der Waals surface area contributed by atoms with E-state index < -0.39 is 10.8 Å². The smallest absolute Gasteiger partial charge is 0.145 e. The zero-order valence-electron chi connectivity index (χ0n) is 50.8. The molecule has 0 bridgehead atoms. The summed E-state index contributed by atoms with van der Waals surface area (Å²) in [5.74, 6) is 0.904. The van der Waals surface area contributed by atoms with Crippen molar-refractivity contribution in [2.45, 2.75) is 10.8 Å². The minimum atomic E-state index is -0.593. The summed E-state index contributed by atoms with van der Waals surface area (Å²) in [5, 5.41) is 0. The molecule has 0 unspecified atom stereocenters. The van der Waals surface area contributed by atoms with Gasteiger partial charge in [0.25, 0.3) is 0 Å². The van der Waals surface area contributed by atoms with Crippen molar-refractivity contribution in [3.63, 3.8) is 0 Å². The summed E-state index contributed by atoms with van der Waals surface area (Å²) >= 11 is 0. The molecule has 93 heavy (non-hydrogen) atoms. The first-order chi connectivity index (χ1) is 46.1. The summed E-state index contributed by atoms with van der Waals surface area (Å²) in [6.07, 6.45) is 0. The van der Waals surface area contributed by atoms with Crippen molar-refractivity contribution < 1.29 is 0 Å². The summed E-state index contributed by atoms with van der Waals surface area (Å²) in [7, 11) is 0. The van der Waals surface area contributed by atoms with Crippen LogP contribution in [0.1, 0.15) is 44.5 Å². The molecular formula is C89H58N4. The summed E-state index contributed by atoms with van der Waals surface area (Å²) in [6.45, 7) is 0. The monoisotopic (exact) mass is 1180 g/mol. The summed E-state index contributed by atoms with van der Waals surface area (Å²) < 4.78 is 2.25. The molecule has 0 fully saturated rings. The third kappa shape index (κ3) is 8.42. The molecule has 16 aromatic rings. The van der Waals surface area contributed by atoms with Crippen LogP contribution in [0.5, 0.6) is 0 Å². The second kappa shape index (κ2) is 21.8. The van der Waals surface area contributed by atoms with Gasteiger partial charge in [0.1, 0.15) is 5.82 Å². The number of aromatic nitrogens is 4. The van der Waals surface area contributed by atoms with Gasteiger partial charge in [-0.15, -0.1) is 0 Å². The van der Waals surface area contributed by atoms with Gasteiger partial charge >= 0.3 is 0 Å². The molecule has 2 aliphatic rings. The summed E-state index contributed by atoms with van der Waals surface area (Å²) in [4.78, 5) is 17.2. The molecule has 0 saturated heterocycles. The molecule has 2 aliphatic carbocycles. The lowest BCUT2D eigenvalue weighted by Gasteiger charge is -2.34. The fraction of sp³-hybridized carbons (Fsp3) is 0.0225. The van der Waals surface area contributed by atoms with Gasteiger partial charge in [0, 0.05) is 33.5 Å². The Balaban J connectivity index is 0.844. The summed E-state index contributed by atoms with van der Waals surface area (Å²) in [6, 6.07) is 128. The predicted molar refractivity (Wildman–Crippen MR) is 381 cm³/mol. The van der Waals surface area contributed by atoms with Gasteiger partial charge in [-0.05, 0) is 125 Å². The van der Waals surface area contributed by atoms with Crippen LogP contribution in [0.3, 0.4) is 0 Å². The zero-order valence-corrected chi connectivity index (χ0v) is 50.8. The number of para-hydroxylation sites is 3. The van der Waals surface area contributed by atoms with Crippen molar-refractivity contribution in [1.82, 2.24) is 19.5 Å². The first-order valence-electron chi connectivity index (χ1n) is 32.0. The average molecular weight is 1180 g/mol. The van der Waals surface area contributed by atoms with Crippen LogP contribution in [-0.2, 0) is 10.8 Å². The van der Waals surface area contributed by atoms with E-state index in [0.717, 1.165) is 95.0 Å². The summed E-state index contributed by atoms with van der Waals surface area (Å²) in [5.41, 5.74) is 29.4. The maximum absolute atomic E-state index is 6.03. The van der Waals surface area contributed by atoms with Crippen LogP contribution in [0.25, 0.3) is 117 Å². The Morgan fingerprint density at radius 2 is 0.559 bits per heavy atom. The van der Waals surface area contributed by atoms with Gasteiger partial charge in [-0.2, -0.15) is 0 Å². The van der Waals surface area contributed by atoms with Crippen LogP contribution in [0.15, 0.2) is 352 Å². The first kappa shape index (κ1) is 53.9. The normalized spacial score (nSPS) is 13.1. The van der Waals surface area contributed by atoms with Crippen molar-refractivity contribution in [2.24, 2.45) is 0 Å². The van der Waals surface area contributed by atoms with Gasteiger partial charge in [-0.3, -0.25) is 4.57 Å². The van der Waals surface area contributed by atoms with Crippen LogP contribution in [0, 0.1) is 0 Å². The van der Waals surface area contributed by atoms with Crippen molar-refractivity contribution in [3.8, 4) is 95.2 Å². The van der Waals surface area contributed by atoms with Crippen LogP contribution in [0.2, 0.25) is 0 Å². The number of benzene rings is 14. The number of fused-ring (bicyclic) bond motifs is 8. The lowest BCUT2D eigenvalue weighted by Crippen LogP contribution is -2.28. The predicted octanol–water partition coefficient (Wildman–Crippen LogP) is 21.7. The van der Waals surface area contributed by atoms with Gasteiger partial charge in [-0.1, -0.05) is 315 Å². The molecule has 18 rings (SSSR count). The van der Waals surface area contributed by atoms with E-state index in [0.29, 0.717) is 0 Å². The van der Waals surface area contributed by atoms with Gasteiger partial charge in [0.2, 0.25) is 0 Å². The standard InChI is InChI=1S/C89H58N4/c1-7-25-61(26-8-1)83-84(62-47-43-59(44-48-62)60-45-49-63(50-46-60)87-90-81-41-23-24-42-82(81)93(87)70-35-17-6-18-36-70)92-86-72(65-52-54-76-74-38-20-22-40-78(74)89(80(76)58-65,68-31-13-4-14-32-68)69-33-15-5-16-34-69)56-55-71(85(86)91-83)64-51-53-75-73-37-19-21-39-77(73)88(79(75)57-64,66-27-9-2-10-28-66)67-29-11-3-12-30-67/h1-58H. The number of hydrogen-bond acceptors (Lipinski definition) is 3. The topological polar surface area (TPSA) is 43.6 Å². The number of rotatable bonds is 11. The highest BCUT2D eigenvalue weighted by Gasteiger charge is 2.48. The van der Waals surface area contributed by atoms with Crippen LogP contribution in [-0.4, -0.2) is 19.5 Å². The van der Waals surface area contributed by atoms with Crippen LogP contribution < -0.4 is 0 Å². The van der Waals surface area contributed by atoms with E-state index in [1.807, 2.05) is 0 Å². The van der Waals surface area contributed by atoms with Crippen LogP contribution >= 0.6 is 0 Å². The largest absolute Gasteiger partial charge is 0.292 e. The fourth-order valence-corrected chi connectivity index (χ4v) is 15.5. The third-order valence-corrected chi connectivity index (χ3v) is 19.6. The van der Waals surface area contributed by atoms with Gasteiger partial charge in [0.05, 0.1) is 44.3 Å². The van der Waals surface area contributed by atoms with E-state index in [1.54, 1.807) is 0 Å². The Bertz CT molecular complexity index is 5430. The van der Waals surface area contributed by atoms with Gasteiger partial charge in [-0.25, -0.2) is 15.0 Å². The zero-order chi connectivity index (χ0) is 61.5. The highest BCUT2D eigenvalue weighted by atomic mass is 15.1. The molecule has 4 heteroatoms. The third-order valence-electron chi connectivity index (χ3n) is 19.6. The quantitative estimate of drug-likeness (QED) is 0.130. The highest BCUT2D eigenvalue weighted by molar-refractivity contribution is 6.04. The van der Waals surface area contributed by atoms with Crippen molar-refractivity contribution in [3.05, 3.63) is 396 Å². The molecule has 14 aromatic carbocycles. The Kier molecular flexibility index (Phi) is 12.7. The molecule has 2 aromatic heterocycles. The molecular weight excluding hydrogens is 1130 g/mol. The van der Waals surface area contributed by atoms with Crippen molar-refractivity contribution >= 4 is 22.1 Å². The lowest BCUT2D eigenvalue weighted by atomic mass is 9.67. The van der Waals surface area contributed by atoms with E-state index >= 15 is 0 Å². The van der Waals surface area contributed by atoms with Crippen molar-refractivity contribution in [1.29, 1.82) is 0 Å². The minimum Gasteiger partial charge on any atom is -0.292 e. The second-order valence-electron chi connectivity index (χ2n) is 24.5. The minimum absolute atomic E-state index is 0.588. The van der Waals surface area contributed by atoms with Gasteiger partial charge < -0.3 is 0 Å². The Morgan fingerprint density at radius 1 is 0.226 bits per heavy atom. The molecule has 0 aliphatic heterocycles. The van der Waals surface area contributed by atoms with Gasteiger partial charge in [0.15, 0.2) is 0 Å². The SMILES string of the molecule is c1ccc(-c2nc3c(-c4ccc5c(c4)C(c4ccccc4)(c4ccccc4)c4ccccc4-5)ccc(-c4ccc5c(c4)C(c4ccccc4)(c4ccccc4)c4ccccc4-5)c3nc2-c2ccc(-c3ccc(-c4nc5ccccc5n4-c4ccccc4)cc3)cc2)cc1. The maximum atomic E-state index is 6.03. The molecule has 0 N–H and O–H groups in total. The average Bonchev–Trinajstić information content (AvgIpc) is 1.57. The fourth-order valence-electron chi connectivity index (χ4n) is 15.5. The molecule has 0 spiro atoms. The van der Waals surface area contributed by atoms with E-state index in [1.165, 1.54) is 66.8 Å². The molecule has 0 radical (unpaired) electrons. The highest BCUT2D eigenvalue weighted by Crippen LogP contribution is 2.59. The Morgan fingerprint density at radius 3 is 1.02 bits per heavy atom.